The lowest BCUT2D eigenvalue weighted by Crippen LogP contribution is -2.11. The fourth-order valence-corrected chi connectivity index (χ4v) is 4.67. The van der Waals surface area contributed by atoms with Gasteiger partial charge in [-0.3, -0.25) is 10.1 Å². The second-order valence-electron chi connectivity index (χ2n) is 6.24. The molecule has 0 unspecified atom stereocenters. The van der Waals surface area contributed by atoms with E-state index in [1.807, 2.05) is 36.4 Å². The minimum atomic E-state index is -0.348. The van der Waals surface area contributed by atoms with Gasteiger partial charge in [0.2, 0.25) is 0 Å². The van der Waals surface area contributed by atoms with Crippen molar-refractivity contribution in [3.63, 3.8) is 0 Å². The van der Waals surface area contributed by atoms with Crippen molar-refractivity contribution in [3.8, 4) is 21.7 Å². The molecule has 0 spiro atoms. The first-order valence-corrected chi connectivity index (χ1v) is 11.0. The van der Waals surface area contributed by atoms with Gasteiger partial charge < -0.3 is 0 Å². The Hall–Kier alpha value is -2.08. The Morgan fingerprint density at radius 2 is 1.40 bits per heavy atom. The molecule has 0 saturated heterocycles. The number of amides is 1. The molecule has 0 aliphatic rings. The van der Waals surface area contributed by atoms with E-state index >= 15 is 0 Å². The number of anilines is 1. The number of benzene rings is 3. The topological polar surface area (TPSA) is 42.0 Å². The van der Waals surface area contributed by atoms with Crippen LogP contribution < -0.4 is 5.32 Å². The third-order valence-corrected chi connectivity index (χ3v) is 6.68. The molecule has 150 valence electrons. The summed E-state index contributed by atoms with van der Waals surface area (Å²) in [6.07, 6.45) is 0. The Balaban J connectivity index is 1.77. The predicted molar refractivity (Wildman–Crippen MR) is 127 cm³/mol. The molecule has 0 saturated carbocycles. The quantitative estimate of drug-likeness (QED) is 0.310. The minimum Gasteiger partial charge on any atom is -0.298 e. The summed E-state index contributed by atoms with van der Waals surface area (Å²) < 4.78 is 0. The SMILES string of the molecule is O=C(Nc1nc(-c2ccccc2Cl)c(-c2ccccc2Cl)s1)c1ccc(Cl)c(Cl)c1. The summed E-state index contributed by atoms with van der Waals surface area (Å²) in [5.74, 6) is -0.348. The summed E-state index contributed by atoms with van der Waals surface area (Å²) in [6.45, 7) is 0. The van der Waals surface area contributed by atoms with Crippen LogP contribution in [0.15, 0.2) is 66.7 Å². The Labute approximate surface area is 197 Å². The Morgan fingerprint density at radius 1 is 0.767 bits per heavy atom. The average molecular weight is 494 g/mol. The number of carbonyl (C=O) groups is 1. The van der Waals surface area contributed by atoms with Crippen molar-refractivity contribution in [2.75, 3.05) is 5.32 Å². The number of nitrogens with one attached hydrogen (secondary N) is 1. The van der Waals surface area contributed by atoms with E-state index in [4.69, 9.17) is 46.4 Å². The zero-order chi connectivity index (χ0) is 21.3. The molecule has 0 radical (unpaired) electrons. The second-order valence-corrected chi connectivity index (χ2v) is 8.87. The monoisotopic (exact) mass is 492 g/mol. The maximum atomic E-state index is 12.7. The molecule has 1 aromatic heterocycles. The third kappa shape index (κ3) is 4.34. The van der Waals surface area contributed by atoms with E-state index in [2.05, 4.69) is 10.3 Å². The Morgan fingerprint density at radius 3 is 2.03 bits per heavy atom. The zero-order valence-corrected chi connectivity index (χ0v) is 19.0. The van der Waals surface area contributed by atoms with Gasteiger partial charge in [-0.2, -0.15) is 0 Å². The highest BCUT2D eigenvalue weighted by Crippen LogP contribution is 2.43. The smallest absolute Gasteiger partial charge is 0.257 e. The van der Waals surface area contributed by atoms with Crippen LogP contribution in [0, 0.1) is 0 Å². The molecule has 0 bridgehead atoms. The highest BCUT2D eigenvalue weighted by atomic mass is 35.5. The molecule has 4 aromatic rings. The lowest BCUT2D eigenvalue weighted by Gasteiger charge is -2.06. The van der Waals surface area contributed by atoms with Gasteiger partial charge >= 0.3 is 0 Å². The number of thiazole rings is 1. The second kappa shape index (κ2) is 8.96. The average Bonchev–Trinajstić information content (AvgIpc) is 3.14. The normalized spacial score (nSPS) is 10.8. The number of aromatic nitrogens is 1. The van der Waals surface area contributed by atoms with E-state index in [-0.39, 0.29) is 5.91 Å². The van der Waals surface area contributed by atoms with Gasteiger partial charge in [-0.05, 0) is 30.3 Å². The molecule has 30 heavy (non-hydrogen) atoms. The van der Waals surface area contributed by atoms with Crippen LogP contribution in [-0.4, -0.2) is 10.9 Å². The zero-order valence-electron chi connectivity index (χ0n) is 15.1. The molecule has 1 amide bonds. The number of carbonyl (C=O) groups excluding carboxylic acids is 1. The molecule has 3 aromatic carbocycles. The lowest BCUT2D eigenvalue weighted by molar-refractivity contribution is 0.102. The molecule has 3 nitrogen and oxygen atoms in total. The third-order valence-electron chi connectivity index (χ3n) is 4.28. The largest absolute Gasteiger partial charge is 0.298 e. The van der Waals surface area contributed by atoms with Gasteiger partial charge in [-0.15, -0.1) is 0 Å². The highest BCUT2D eigenvalue weighted by Gasteiger charge is 2.20. The summed E-state index contributed by atoms with van der Waals surface area (Å²) in [4.78, 5) is 18.2. The molecule has 0 aliphatic carbocycles. The molecule has 0 aliphatic heterocycles. The van der Waals surface area contributed by atoms with Gasteiger partial charge in [0, 0.05) is 21.7 Å². The van der Waals surface area contributed by atoms with Crippen molar-refractivity contribution in [2.24, 2.45) is 0 Å². The number of rotatable bonds is 4. The highest BCUT2D eigenvalue weighted by molar-refractivity contribution is 7.19. The molecule has 0 atom stereocenters. The van der Waals surface area contributed by atoms with Gasteiger partial charge in [-0.1, -0.05) is 94.1 Å². The van der Waals surface area contributed by atoms with E-state index in [9.17, 15) is 4.79 Å². The van der Waals surface area contributed by atoms with Crippen molar-refractivity contribution < 1.29 is 4.79 Å². The summed E-state index contributed by atoms with van der Waals surface area (Å²) in [6, 6.07) is 19.5. The van der Waals surface area contributed by atoms with E-state index in [1.54, 1.807) is 24.3 Å². The van der Waals surface area contributed by atoms with Crippen LogP contribution in [0.5, 0.6) is 0 Å². The van der Waals surface area contributed by atoms with Crippen LogP contribution in [-0.2, 0) is 0 Å². The van der Waals surface area contributed by atoms with Crippen molar-refractivity contribution in [2.45, 2.75) is 0 Å². The summed E-state index contributed by atoms with van der Waals surface area (Å²) in [5, 5.41) is 5.05. The maximum Gasteiger partial charge on any atom is 0.257 e. The Kier molecular flexibility index (Phi) is 6.32. The first-order valence-electron chi connectivity index (χ1n) is 8.71. The number of hydrogen-bond donors (Lipinski definition) is 1. The Bertz CT molecular complexity index is 1190. The summed E-state index contributed by atoms with van der Waals surface area (Å²) >= 11 is 26.1. The molecule has 4 rings (SSSR count). The fourth-order valence-electron chi connectivity index (χ4n) is 2.84. The van der Waals surface area contributed by atoms with Gasteiger partial charge in [-0.25, -0.2) is 4.98 Å². The van der Waals surface area contributed by atoms with Crippen molar-refractivity contribution in [3.05, 3.63) is 92.4 Å². The minimum absolute atomic E-state index is 0.303. The molecule has 0 fully saturated rings. The van der Waals surface area contributed by atoms with Crippen LogP contribution in [0.1, 0.15) is 10.4 Å². The molecular formula is C22H12Cl4N2OS. The van der Waals surface area contributed by atoms with Gasteiger partial charge in [0.25, 0.3) is 5.91 Å². The molecule has 1 heterocycles. The summed E-state index contributed by atoms with van der Waals surface area (Å²) in [7, 11) is 0. The molecular weight excluding hydrogens is 482 g/mol. The maximum absolute atomic E-state index is 12.7. The summed E-state index contributed by atoms with van der Waals surface area (Å²) in [5.41, 5.74) is 2.57. The number of hydrogen-bond acceptors (Lipinski definition) is 3. The first kappa shape index (κ1) is 21.2. The van der Waals surface area contributed by atoms with Crippen LogP contribution >= 0.6 is 57.7 Å². The van der Waals surface area contributed by atoms with E-state index < -0.39 is 0 Å². The van der Waals surface area contributed by atoms with E-state index in [0.717, 1.165) is 16.0 Å². The van der Waals surface area contributed by atoms with Crippen LogP contribution in [0.2, 0.25) is 20.1 Å². The van der Waals surface area contributed by atoms with Gasteiger partial charge in [0.05, 0.1) is 25.6 Å². The predicted octanol–water partition coefficient (Wildman–Crippen LogP) is 8.34. The molecule has 1 N–H and O–H groups in total. The van der Waals surface area contributed by atoms with Gasteiger partial charge in [0.15, 0.2) is 5.13 Å². The first-order chi connectivity index (χ1) is 14.4. The van der Waals surface area contributed by atoms with Crippen molar-refractivity contribution >= 4 is 68.8 Å². The fraction of sp³-hybridized carbons (Fsp3) is 0. The van der Waals surface area contributed by atoms with Gasteiger partial charge in [0.1, 0.15) is 0 Å². The van der Waals surface area contributed by atoms with E-state index in [1.165, 1.54) is 17.4 Å². The number of nitrogens with zero attached hydrogens (tertiary/aromatic N) is 1. The van der Waals surface area contributed by atoms with Crippen LogP contribution in [0.3, 0.4) is 0 Å². The van der Waals surface area contributed by atoms with Crippen molar-refractivity contribution in [1.29, 1.82) is 0 Å². The van der Waals surface area contributed by atoms with Crippen LogP contribution in [0.4, 0.5) is 5.13 Å². The lowest BCUT2D eigenvalue weighted by atomic mass is 10.1. The van der Waals surface area contributed by atoms with Crippen molar-refractivity contribution in [1.82, 2.24) is 4.98 Å². The van der Waals surface area contributed by atoms with E-state index in [0.29, 0.717) is 36.5 Å². The standard InChI is InChI=1S/C22H12Cl4N2OS/c23-15-7-3-1-5-13(15)19-20(14-6-2-4-8-16(14)24)30-22(27-19)28-21(29)12-9-10-17(25)18(26)11-12/h1-11H,(H,27,28,29). The number of halogens is 4. The molecule has 8 heteroatoms. The van der Waals surface area contributed by atoms with Crippen LogP contribution in [0.25, 0.3) is 21.7 Å².